The maximum atomic E-state index is 5.58. The van der Waals surface area contributed by atoms with Crippen molar-refractivity contribution >= 4 is 5.69 Å². The number of aromatic nitrogens is 2. The average Bonchev–Trinajstić information content (AvgIpc) is 2.57. The van der Waals surface area contributed by atoms with Gasteiger partial charge in [-0.25, -0.2) is 0 Å². The van der Waals surface area contributed by atoms with Crippen LogP contribution in [0.2, 0.25) is 0 Å². The van der Waals surface area contributed by atoms with E-state index in [1.807, 2.05) is 18.2 Å². The Bertz CT molecular complexity index is 384. The summed E-state index contributed by atoms with van der Waals surface area (Å²) in [6.45, 7) is 0. The molecule has 1 heterocycles. The zero-order chi connectivity index (χ0) is 9.10. The molecule has 1 aromatic carbocycles. The van der Waals surface area contributed by atoms with Gasteiger partial charge in [0.25, 0.3) is 0 Å². The molecular formula is C9H9N3O. The third-order valence-electron chi connectivity index (χ3n) is 1.57. The highest BCUT2D eigenvalue weighted by molar-refractivity contribution is 5.44. The van der Waals surface area contributed by atoms with Crippen LogP contribution in [-0.2, 0) is 0 Å². The van der Waals surface area contributed by atoms with Gasteiger partial charge in [0.2, 0.25) is 0 Å². The van der Waals surface area contributed by atoms with Crippen molar-refractivity contribution in [3.63, 3.8) is 0 Å². The molecule has 0 aliphatic carbocycles. The molecule has 0 amide bonds. The number of ether oxygens (including phenoxy) is 1. The number of nitrogens with one attached hydrogen (secondary N) is 1. The van der Waals surface area contributed by atoms with Gasteiger partial charge in [0.1, 0.15) is 5.75 Å². The number of aromatic amines is 1. The minimum absolute atomic E-state index is 0.672. The molecule has 4 heteroatoms. The zero-order valence-corrected chi connectivity index (χ0v) is 6.90. The fourth-order valence-corrected chi connectivity index (χ4v) is 1.01. The van der Waals surface area contributed by atoms with Crippen molar-refractivity contribution in [2.24, 2.45) is 0 Å². The fourth-order valence-electron chi connectivity index (χ4n) is 1.01. The van der Waals surface area contributed by atoms with Crippen LogP contribution >= 0.6 is 0 Å². The minimum Gasteiger partial charge on any atom is -0.454 e. The van der Waals surface area contributed by atoms with Crippen LogP contribution in [0.15, 0.2) is 36.7 Å². The fraction of sp³-hybridized carbons (Fsp3) is 0. The number of anilines is 1. The number of rotatable bonds is 2. The SMILES string of the molecule is Nc1cccc(Oc2cn[nH]c2)c1. The first kappa shape index (κ1) is 7.67. The van der Waals surface area contributed by atoms with Gasteiger partial charge in [-0.1, -0.05) is 6.07 Å². The van der Waals surface area contributed by atoms with Gasteiger partial charge in [-0.2, -0.15) is 5.10 Å². The van der Waals surface area contributed by atoms with Crippen LogP contribution in [0.5, 0.6) is 11.5 Å². The van der Waals surface area contributed by atoms with Crippen LogP contribution in [0.3, 0.4) is 0 Å². The summed E-state index contributed by atoms with van der Waals surface area (Å²) in [6, 6.07) is 7.24. The highest BCUT2D eigenvalue weighted by Crippen LogP contribution is 2.21. The standard InChI is InChI=1S/C9H9N3O/c10-7-2-1-3-8(4-7)13-9-5-11-12-6-9/h1-6H,10H2,(H,11,12). The zero-order valence-electron chi connectivity index (χ0n) is 6.90. The molecule has 4 nitrogen and oxygen atoms in total. The van der Waals surface area contributed by atoms with E-state index >= 15 is 0 Å². The van der Waals surface area contributed by atoms with E-state index in [9.17, 15) is 0 Å². The summed E-state index contributed by atoms with van der Waals surface area (Å²) in [6.07, 6.45) is 3.27. The first-order chi connectivity index (χ1) is 6.34. The maximum Gasteiger partial charge on any atom is 0.165 e. The smallest absolute Gasteiger partial charge is 0.165 e. The topological polar surface area (TPSA) is 63.9 Å². The molecule has 2 rings (SSSR count). The number of nitrogens with zero attached hydrogens (tertiary/aromatic N) is 1. The Morgan fingerprint density at radius 3 is 2.92 bits per heavy atom. The van der Waals surface area contributed by atoms with Crippen LogP contribution in [0, 0.1) is 0 Å². The van der Waals surface area contributed by atoms with Gasteiger partial charge in [0.15, 0.2) is 5.75 Å². The van der Waals surface area contributed by atoms with Crippen molar-refractivity contribution in [1.82, 2.24) is 10.2 Å². The van der Waals surface area contributed by atoms with Gasteiger partial charge in [-0.05, 0) is 12.1 Å². The summed E-state index contributed by atoms with van der Waals surface area (Å²) in [7, 11) is 0. The van der Waals surface area contributed by atoms with Crippen molar-refractivity contribution in [2.45, 2.75) is 0 Å². The predicted octanol–water partition coefficient (Wildman–Crippen LogP) is 1.78. The molecule has 0 atom stereocenters. The highest BCUT2D eigenvalue weighted by atomic mass is 16.5. The molecule has 0 saturated carbocycles. The summed E-state index contributed by atoms with van der Waals surface area (Å²) < 4.78 is 5.43. The summed E-state index contributed by atoms with van der Waals surface area (Å²) in [5, 5.41) is 6.42. The second kappa shape index (κ2) is 3.18. The van der Waals surface area contributed by atoms with Crippen LogP contribution in [-0.4, -0.2) is 10.2 Å². The second-order valence-corrected chi connectivity index (χ2v) is 2.61. The van der Waals surface area contributed by atoms with Crippen molar-refractivity contribution in [3.05, 3.63) is 36.7 Å². The Balaban J connectivity index is 2.19. The van der Waals surface area contributed by atoms with Gasteiger partial charge in [0, 0.05) is 11.8 Å². The van der Waals surface area contributed by atoms with Crippen LogP contribution in [0.25, 0.3) is 0 Å². The first-order valence-electron chi connectivity index (χ1n) is 3.87. The Kier molecular flexibility index (Phi) is 1.88. The molecule has 0 aliphatic heterocycles. The van der Waals surface area contributed by atoms with E-state index in [2.05, 4.69) is 10.2 Å². The lowest BCUT2D eigenvalue weighted by atomic mass is 10.3. The molecule has 0 radical (unpaired) electrons. The summed E-state index contributed by atoms with van der Waals surface area (Å²) >= 11 is 0. The Morgan fingerprint density at radius 2 is 2.23 bits per heavy atom. The summed E-state index contributed by atoms with van der Waals surface area (Å²) in [4.78, 5) is 0. The number of benzene rings is 1. The van der Waals surface area contributed by atoms with Gasteiger partial charge < -0.3 is 10.5 Å². The third-order valence-corrected chi connectivity index (χ3v) is 1.57. The third kappa shape index (κ3) is 1.79. The van der Waals surface area contributed by atoms with E-state index in [1.165, 1.54) is 0 Å². The minimum atomic E-state index is 0.672. The number of nitrogens with two attached hydrogens (primary N) is 1. The monoisotopic (exact) mass is 175 g/mol. The van der Waals surface area contributed by atoms with Gasteiger partial charge in [0.05, 0.1) is 12.4 Å². The molecule has 3 N–H and O–H groups in total. The van der Waals surface area contributed by atoms with Gasteiger partial charge in [-0.3, -0.25) is 5.10 Å². The van der Waals surface area contributed by atoms with Crippen LogP contribution in [0.1, 0.15) is 0 Å². The largest absolute Gasteiger partial charge is 0.454 e. The van der Waals surface area contributed by atoms with Crippen molar-refractivity contribution < 1.29 is 4.74 Å². The quantitative estimate of drug-likeness (QED) is 0.684. The first-order valence-corrected chi connectivity index (χ1v) is 3.87. The van der Waals surface area contributed by atoms with Crippen molar-refractivity contribution in [2.75, 3.05) is 5.73 Å². The van der Waals surface area contributed by atoms with E-state index in [0.29, 0.717) is 17.2 Å². The van der Waals surface area contributed by atoms with E-state index in [0.717, 1.165) is 0 Å². The number of hydrogen-bond acceptors (Lipinski definition) is 3. The molecule has 0 bridgehead atoms. The summed E-state index contributed by atoms with van der Waals surface area (Å²) in [5.74, 6) is 1.38. The van der Waals surface area contributed by atoms with Crippen LogP contribution < -0.4 is 10.5 Å². The predicted molar refractivity (Wildman–Crippen MR) is 49.5 cm³/mol. The van der Waals surface area contributed by atoms with Gasteiger partial charge >= 0.3 is 0 Å². The van der Waals surface area contributed by atoms with Crippen molar-refractivity contribution in [1.29, 1.82) is 0 Å². The molecule has 1 aromatic heterocycles. The Morgan fingerprint density at radius 1 is 1.31 bits per heavy atom. The highest BCUT2D eigenvalue weighted by Gasteiger charge is 1.97. The van der Waals surface area contributed by atoms with Gasteiger partial charge in [-0.15, -0.1) is 0 Å². The Hall–Kier alpha value is -1.97. The molecule has 0 unspecified atom stereocenters. The lowest BCUT2D eigenvalue weighted by Crippen LogP contribution is -1.86. The molecular weight excluding hydrogens is 166 g/mol. The maximum absolute atomic E-state index is 5.58. The van der Waals surface area contributed by atoms with Crippen LogP contribution in [0.4, 0.5) is 5.69 Å². The van der Waals surface area contributed by atoms with E-state index in [4.69, 9.17) is 10.5 Å². The lowest BCUT2D eigenvalue weighted by Gasteiger charge is -2.02. The number of hydrogen-bond donors (Lipinski definition) is 2. The van der Waals surface area contributed by atoms with E-state index in [1.54, 1.807) is 18.5 Å². The summed E-state index contributed by atoms with van der Waals surface area (Å²) in [5.41, 5.74) is 6.27. The second-order valence-electron chi connectivity index (χ2n) is 2.61. The molecule has 0 spiro atoms. The number of nitrogen functional groups attached to an aromatic ring is 1. The van der Waals surface area contributed by atoms with E-state index in [-0.39, 0.29) is 0 Å². The molecule has 0 saturated heterocycles. The molecule has 0 fully saturated rings. The Labute approximate surface area is 75.3 Å². The normalized spacial score (nSPS) is 9.85. The molecule has 2 aromatic rings. The molecule has 66 valence electrons. The van der Waals surface area contributed by atoms with E-state index < -0.39 is 0 Å². The lowest BCUT2D eigenvalue weighted by molar-refractivity contribution is 0.483. The average molecular weight is 175 g/mol. The molecule has 0 aliphatic rings. The molecule has 13 heavy (non-hydrogen) atoms. The van der Waals surface area contributed by atoms with Crippen molar-refractivity contribution in [3.8, 4) is 11.5 Å². The number of H-pyrrole nitrogens is 1.